The molecule has 0 saturated carbocycles. The lowest BCUT2D eigenvalue weighted by molar-refractivity contribution is 0.199. The second-order valence-corrected chi connectivity index (χ2v) is 5.16. The number of hydrogen-bond acceptors (Lipinski definition) is 2. The van der Waals surface area contributed by atoms with Crippen molar-refractivity contribution in [3.8, 4) is 0 Å². The number of methoxy groups -OCH3 is 1. The van der Waals surface area contributed by atoms with Crippen molar-refractivity contribution < 1.29 is 4.74 Å². The summed E-state index contributed by atoms with van der Waals surface area (Å²) in [5.41, 5.74) is 2.85. The van der Waals surface area contributed by atoms with Gasteiger partial charge in [-0.15, -0.1) is 0 Å². The molecule has 110 valence electrons. The van der Waals surface area contributed by atoms with E-state index in [0.29, 0.717) is 0 Å². The molecule has 0 aliphatic heterocycles. The second-order valence-electron chi connectivity index (χ2n) is 5.16. The molecule has 0 atom stereocenters. The van der Waals surface area contributed by atoms with E-state index >= 15 is 0 Å². The third-order valence-corrected chi connectivity index (χ3v) is 3.74. The van der Waals surface area contributed by atoms with Gasteiger partial charge in [0.1, 0.15) is 0 Å². The van der Waals surface area contributed by atoms with Crippen molar-refractivity contribution in [2.45, 2.75) is 32.7 Å². The summed E-state index contributed by atoms with van der Waals surface area (Å²) in [6.07, 6.45) is 5.94. The number of ether oxygens (including phenoxy) is 1. The molecule has 0 saturated heterocycles. The van der Waals surface area contributed by atoms with Gasteiger partial charge in [-0.25, -0.2) is 0 Å². The molecule has 1 heterocycles. The topological polar surface area (TPSA) is 26.2 Å². The number of hydrogen-bond donors (Lipinski definition) is 1. The van der Waals surface area contributed by atoms with E-state index in [4.69, 9.17) is 4.74 Å². The average Bonchev–Trinajstić information content (AvgIpc) is 2.85. The fourth-order valence-corrected chi connectivity index (χ4v) is 2.65. The summed E-state index contributed by atoms with van der Waals surface area (Å²) in [4.78, 5) is 0. The highest BCUT2D eigenvalue weighted by Gasteiger charge is 2.06. The van der Waals surface area contributed by atoms with Crippen LogP contribution in [0.4, 0.5) is 0 Å². The van der Waals surface area contributed by atoms with Crippen molar-refractivity contribution in [1.29, 1.82) is 0 Å². The largest absolute Gasteiger partial charge is 0.383 e. The standard InChI is InChI=1S/C17H26N2O/c1-3-19-14-15(16-9-4-5-10-17(16)19)8-6-7-11-18-12-13-20-2/h4-5,9-10,14,18H,3,6-8,11-13H2,1-2H3. The Balaban J connectivity index is 1.84. The number of aryl methyl sites for hydroxylation is 2. The number of nitrogens with zero attached hydrogens (tertiary/aromatic N) is 1. The van der Waals surface area contributed by atoms with Gasteiger partial charge in [0.05, 0.1) is 6.61 Å². The van der Waals surface area contributed by atoms with Crippen LogP contribution in [0.25, 0.3) is 10.9 Å². The minimum atomic E-state index is 0.796. The molecule has 0 amide bonds. The molecule has 0 aliphatic rings. The summed E-state index contributed by atoms with van der Waals surface area (Å²) < 4.78 is 7.36. The summed E-state index contributed by atoms with van der Waals surface area (Å²) in [5.74, 6) is 0. The van der Waals surface area contributed by atoms with Crippen LogP contribution in [0.1, 0.15) is 25.3 Å². The average molecular weight is 274 g/mol. The van der Waals surface area contributed by atoms with Crippen molar-refractivity contribution in [3.63, 3.8) is 0 Å². The zero-order valence-electron chi connectivity index (χ0n) is 12.7. The molecule has 0 fully saturated rings. The molecular formula is C17H26N2O. The van der Waals surface area contributed by atoms with E-state index in [1.165, 1.54) is 35.7 Å². The quantitative estimate of drug-likeness (QED) is 0.711. The van der Waals surface area contributed by atoms with Gasteiger partial charge in [0.15, 0.2) is 0 Å². The summed E-state index contributed by atoms with van der Waals surface area (Å²) in [7, 11) is 1.74. The predicted octanol–water partition coefficient (Wildman–Crippen LogP) is 3.22. The van der Waals surface area contributed by atoms with Crippen LogP contribution < -0.4 is 5.32 Å². The molecule has 3 nitrogen and oxygen atoms in total. The number of benzene rings is 1. The predicted molar refractivity (Wildman–Crippen MR) is 85.3 cm³/mol. The highest BCUT2D eigenvalue weighted by Crippen LogP contribution is 2.22. The summed E-state index contributed by atoms with van der Waals surface area (Å²) in [5, 5.41) is 4.81. The van der Waals surface area contributed by atoms with Gasteiger partial charge in [-0.2, -0.15) is 0 Å². The lowest BCUT2D eigenvalue weighted by atomic mass is 10.1. The van der Waals surface area contributed by atoms with E-state index in [-0.39, 0.29) is 0 Å². The van der Waals surface area contributed by atoms with E-state index in [9.17, 15) is 0 Å². The van der Waals surface area contributed by atoms with Crippen LogP contribution in [0.2, 0.25) is 0 Å². The Morgan fingerprint density at radius 3 is 2.80 bits per heavy atom. The molecule has 3 heteroatoms. The van der Waals surface area contributed by atoms with Gasteiger partial charge in [0, 0.05) is 37.3 Å². The van der Waals surface area contributed by atoms with Gasteiger partial charge < -0.3 is 14.6 Å². The van der Waals surface area contributed by atoms with Crippen LogP contribution in [-0.2, 0) is 17.7 Å². The summed E-state index contributed by atoms with van der Waals surface area (Å²) >= 11 is 0. The lowest BCUT2D eigenvalue weighted by Crippen LogP contribution is -2.20. The maximum absolute atomic E-state index is 5.02. The molecule has 2 rings (SSSR count). The van der Waals surface area contributed by atoms with Gasteiger partial charge in [-0.1, -0.05) is 18.2 Å². The fraction of sp³-hybridized carbons (Fsp3) is 0.529. The fourth-order valence-electron chi connectivity index (χ4n) is 2.65. The van der Waals surface area contributed by atoms with Gasteiger partial charge in [0.25, 0.3) is 0 Å². The lowest BCUT2D eigenvalue weighted by Gasteiger charge is -2.03. The van der Waals surface area contributed by atoms with E-state index in [2.05, 4.69) is 47.3 Å². The first kappa shape index (κ1) is 15.1. The smallest absolute Gasteiger partial charge is 0.0587 e. The number of nitrogens with one attached hydrogen (secondary N) is 1. The zero-order valence-corrected chi connectivity index (χ0v) is 12.7. The Bertz CT molecular complexity index is 519. The van der Waals surface area contributed by atoms with E-state index in [1.54, 1.807) is 7.11 Å². The third-order valence-electron chi connectivity index (χ3n) is 3.74. The third kappa shape index (κ3) is 3.84. The molecule has 0 spiro atoms. The van der Waals surface area contributed by atoms with Gasteiger partial charge >= 0.3 is 0 Å². The highest BCUT2D eigenvalue weighted by atomic mass is 16.5. The molecule has 1 aromatic carbocycles. The summed E-state index contributed by atoms with van der Waals surface area (Å²) in [6, 6.07) is 8.72. The normalized spacial score (nSPS) is 11.3. The number of fused-ring (bicyclic) bond motifs is 1. The van der Waals surface area contributed by atoms with Crippen LogP contribution in [0, 0.1) is 0 Å². The van der Waals surface area contributed by atoms with Crippen molar-refractivity contribution in [2.24, 2.45) is 0 Å². The molecule has 0 bridgehead atoms. The Morgan fingerprint density at radius 1 is 1.15 bits per heavy atom. The van der Waals surface area contributed by atoms with Crippen LogP contribution in [0.15, 0.2) is 30.5 Å². The Morgan fingerprint density at radius 2 is 2.00 bits per heavy atom. The number of aromatic nitrogens is 1. The maximum Gasteiger partial charge on any atom is 0.0587 e. The summed E-state index contributed by atoms with van der Waals surface area (Å²) in [6.45, 7) is 6.07. The van der Waals surface area contributed by atoms with Gasteiger partial charge in [0.2, 0.25) is 0 Å². The number of para-hydroxylation sites is 1. The van der Waals surface area contributed by atoms with Crippen molar-refractivity contribution in [1.82, 2.24) is 9.88 Å². The molecule has 0 aliphatic carbocycles. The SMILES string of the molecule is CCn1cc(CCCCNCCOC)c2ccccc21. The highest BCUT2D eigenvalue weighted by molar-refractivity contribution is 5.83. The monoisotopic (exact) mass is 274 g/mol. The maximum atomic E-state index is 5.02. The Labute approximate surface area is 121 Å². The first-order valence-corrected chi connectivity index (χ1v) is 7.63. The van der Waals surface area contributed by atoms with E-state index in [1.807, 2.05) is 0 Å². The first-order valence-electron chi connectivity index (χ1n) is 7.63. The van der Waals surface area contributed by atoms with Crippen molar-refractivity contribution >= 4 is 10.9 Å². The second kappa shape index (κ2) is 8.08. The molecular weight excluding hydrogens is 248 g/mol. The zero-order chi connectivity index (χ0) is 14.2. The Hall–Kier alpha value is -1.32. The minimum absolute atomic E-state index is 0.796. The van der Waals surface area contributed by atoms with Gasteiger partial charge in [-0.05, 0) is 44.4 Å². The van der Waals surface area contributed by atoms with Crippen molar-refractivity contribution in [2.75, 3.05) is 26.8 Å². The molecule has 2 aromatic rings. The van der Waals surface area contributed by atoms with Crippen LogP contribution in [-0.4, -0.2) is 31.4 Å². The van der Waals surface area contributed by atoms with Crippen LogP contribution in [0.5, 0.6) is 0 Å². The van der Waals surface area contributed by atoms with E-state index in [0.717, 1.165) is 26.2 Å². The van der Waals surface area contributed by atoms with Crippen LogP contribution >= 0.6 is 0 Å². The molecule has 1 N–H and O–H groups in total. The molecule has 1 aromatic heterocycles. The van der Waals surface area contributed by atoms with Crippen molar-refractivity contribution in [3.05, 3.63) is 36.0 Å². The van der Waals surface area contributed by atoms with Gasteiger partial charge in [-0.3, -0.25) is 0 Å². The molecule has 20 heavy (non-hydrogen) atoms. The number of unbranched alkanes of at least 4 members (excludes halogenated alkanes) is 1. The molecule has 0 radical (unpaired) electrons. The molecule has 0 unspecified atom stereocenters. The number of rotatable bonds is 9. The first-order chi connectivity index (χ1) is 9.86. The minimum Gasteiger partial charge on any atom is -0.383 e. The van der Waals surface area contributed by atoms with Crippen LogP contribution in [0.3, 0.4) is 0 Å². The Kier molecular flexibility index (Phi) is 6.09. The van der Waals surface area contributed by atoms with E-state index < -0.39 is 0 Å².